The zero-order chi connectivity index (χ0) is 10.6. The van der Waals surface area contributed by atoms with Gasteiger partial charge in [0, 0.05) is 18.8 Å². The van der Waals surface area contributed by atoms with Crippen LogP contribution in [0.15, 0.2) is 6.20 Å². The monoisotopic (exact) mass is 214 g/mol. The summed E-state index contributed by atoms with van der Waals surface area (Å²) in [7, 11) is 0. The molecule has 1 aromatic rings. The number of hydrogen-bond acceptors (Lipinski definition) is 4. The Morgan fingerprint density at radius 2 is 2.29 bits per heavy atom. The van der Waals surface area contributed by atoms with Crippen molar-refractivity contribution >= 4 is 16.5 Å². The number of aliphatic hydroxyl groups is 1. The molecule has 0 aliphatic rings. The van der Waals surface area contributed by atoms with E-state index in [4.69, 9.17) is 5.11 Å². The van der Waals surface area contributed by atoms with E-state index in [0.717, 1.165) is 23.0 Å². The number of aromatic nitrogens is 1. The molecule has 1 atom stereocenters. The first kappa shape index (κ1) is 11.5. The SMILES string of the molecule is CCC(C)N(CC)c1ncc(CO)s1. The van der Waals surface area contributed by atoms with E-state index in [1.807, 2.05) is 0 Å². The molecule has 1 unspecified atom stereocenters. The first-order valence-corrected chi connectivity index (χ1v) is 5.86. The maximum absolute atomic E-state index is 8.95. The van der Waals surface area contributed by atoms with Gasteiger partial charge in [0.05, 0.1) is 11.5 Å². The van der Waals surface area contributed by atoms with Crippen molar-refractivity contribution in [3.8, 4) is 0 Å². The van der Waals surface area contributed by atoms with E-state index in [1.165, 1.54) is 0 Å². The van der Waals surface area contributed by atoms with Gasteiger partial charge in [-0.1, -0.05) is 18.3 Å². The molecular formula is C10H18N2OS. The molecule has 1 heterocycles. The second-order valence-electron chi connectivity index (χ2n) is 3.31. The van der Waals surface area contributed by atoms with Gasteiger partial charge >= 0.3 is 0 Å². The predicted molar refractivity (Wildman–Crippen MR) is 60.8 cm³/mol. The van der Waals surface area contributed by atoms with Crippen molar-refractivity contribution in [3.63, 3.8) is 0 Å². The minimum atomic E-state index is 0.0930. The summed E-state index contributed by atoms with van der Waals surface area (Å²) in [6, 6.07) is 0.512. The molecule has 4 heteroatoms. The van der Waals surface area contributed by atoms with Gasteiger partial charge in [0.15, 0.2) is 5.13 Å². The van der Waals surface area contributed by atoms with Crippen LogP contribution < -0.4 is 4.90 Å². The van der Waals surface area contributed by atoms with Crippen LogP contribution >= 0.6 is 11.3 Å². The number of nitrogens with zero attached hydrogens (tertiary/aromatic N) is 2. The summed E-state index contributed by atoms with van der Waals surface area (Å²) in [6.45, 7) is 7.56. The third kappa shape index (κ3) is 2.45. The van der Waals surface area contributed by atoms with Gasteiger partial charge in [-0.25, -0.2) is 4.98 Å². The third-order valence-corrected chi connectivity index (χ3v) is 3.43. The Balaban J connectivity index is 2.78. The molecule has 0 aliphatic heterocycles. The first-order valence-electron chi connectivity index (χ1n) is 5.05. The van der Waals surface area contributed by atoms with Crippen molar-refractivity contribution < 1.29 is 5.11 Å². The molecule has 0 aromatic carbocycles. The highest BCUT2D eigenvalue weighted by molar-refractivity contribution is 7.15. The maximum atomic E-state index is 8.95. The molecule has 80 valence electrons. The highest BCUT2D eigenvalue weighted by Gasteiger charge is 2.14. The Labute approximate surface area is 89.4 Å². The van der Waals surface area contributed by atoms with Gasteiger partial charge in [0.2, 0.25) is 0 Å². The molecule has 0 saturated carbocycles. The molecule has 0 amide bonds. The van der Waals surface area contributed by atoms with Crippen LogP contribution in [0.5, 0.6) is 0 Å². The molecule has 1 aromatic heterocycles. The second kappa shape index (κ2) is 5.32. The van der Waals surface area contributed by atoms with Gasteiger partial charge in [0.25, 0.3) is 0 Å². The van der Waals surface area contributed by atoms with Crippen LogP contribution in [0, 0.1) is 0 Å². The van der Waals surface area contributed by atoms with E-state index < -0.39 is 0 Å². The van der Waals surface area contributed by atoms with E-state index in [-0.39, 0.29) is 6.61 Å². The number of rotatable bonds is 5. The first-order chi connectivity index (χ1) is 6.72. The van der Waals surface area contributed by atoms with Crippen molar-refractivity contribution in [3.05, 3.63) is 11.1 Å². The lowest BCUT2D eigenvalue weighted by Crippen LogP contribution is -2.32. The Morgan fingerprint density at radius 1 is 1.57 bits per heavy atom. The average molecular weight is 214 g/mol. The van der Waals surface area contributed by atoms with Crippen LogP contribution in [0.3, 0.4) is 0 Å². The Hall–Kier alpha value is -0.610. The van der Waals surface area contributed by atoms with Crippen LogP contribution in [0.2, 0.25) is 0 Å². The van der Waals surface area contributed by atoms with Crippen LogP contribution in [0.4, 0.5) is 5.13 Å². The molecule has 1 rings (SSSR count). The van der Waals surface area contributed by atoms with Gasteiger partial charge in [-0.2, -0.15) is 0 Å². The minimum Gasteiger partial charge on any atom is -0.391 e. The fourth-order valence-electron chi connectivity index (χ4n) is 1.36. The molecule has 0 radical (unpaired) electrons. The van der Waals surface area contributed by atoms with Crippen molar-refractivity contribution in [2.45, 2.75) is 39.8 Å². The zero-order valence-electron chi connectivity index (χ0n) is 9.03. The Morgan fingerprint density at radius 3 is 2.71 bits per heavy atom. The summed E-state index contributed by atoms with van der Waals surface area (Å²) in [4.78, 5) is 7.51. The second-order valence-corrected chi connectivity index (χ2v) is 4.40. The summed E-state index contributed by atoms with van der Waals surface area (Å²) >= 11 is 1.57. The molecule has 0 saturated heterocycles. The summed E-state index contributed by atoms with van der Waals surface area (Å²) < 4.78 is 0. The van der Waals surface area contributed by atoms with Crippen LogP contribution in [-0.2, 0) is 6.61 Å². The molecule has 0 bridgehead atoms. The van der Waals surface area contributed by atoms with Crippen molar-refractivity contribution in [2.24, 2.45) is 0 Å². The fraction of sp³-hybridized carbons (Fsp3) is 0.700. The van der Waals surface area contributed by atoms with Gasteiger partial charge in [-0.15, -0.1) is 0 Å². The lowest BCUT2D eigenvalue weighted by atomic mass is 10.2. The number of hydrogen-bond donors (Lipinski definition) is 1. The number of aliphatic hydroxyl groups excluding tert-OH is 1. The molecule has 14 heavy (non-hydrogen) atoms. The largest absolute Gasteiger partial charge is 0.391 e. The maximum Gasteiger partial charge on any atom is 0.185 e. The highest BCUT2D eigenvalue weighted by Crippen LogP contribution is 2.24. The normalized spacial score (nSPS) is 12.9. The minimum absolute atomic E-state index is 0.0930. The number of thiazole rings is 1. The third-order valence-electron chi connectivity index (χ3n) is 2.41. The van der Waals surface area contributed by atoms with Gasteiger partial charge in [-0.3, -0.25) is 0 Å². The summed E-state index contributed by atoms with van der Waals surface area (Å²) in [5, 5.41) is 9.97. The lowest BCUT2D eigenvalue weighted by Gasteiger charge is -2.26. The van der Waals surface area contributed by atoms with Gasteiger partial charge < -0.3 is 10.0 Å². The summed E-state index contributed by atoms with van der Waals surface area (Å²) in [5.41, 5.74) is 0. The molecular weight excluding hydrogens is 196 g/mol. The quantitative estimate of drug-likeness (QED) is 0.816. The van der Waals surface area contributed by atoms with Crippen molar-refractivity contribution in [2.75, 3.05) is 11.4 Å². The van der Waals surface area contributed by atoms with Crippen LogP contribution in [-0.4, -0.2) is 22.7 Å². The molecule has 3 nitrogen and oxygen atoms in total. The van der Waals surface area contributed by atoms with E-state index in [1.54, 1.807) is 17.5 Å². The van der Waals surface area contributed by atoms with Crippen molar-refractivity contribution in [1.82, 2.24) is 4.98 Å². The topological polar surface area (TPSA) is 36.4 Å². The highest BCUT2D eigenvalue weighted by atomic mass is 32.1. The number of anilines is 1. The van der Waals surface area contributed by atoms with E-state index in [2.05, 4.69) is 30.7 Å². The predicted octanol–water partition coefficient (Wildman–Crippen LogP) is 2.26. The van der Waals surface area contributed by atoms with Crippen molar-refractivity contribution in [1.29, 1.82) is 0 Å². The molecule has 0 spiro atoms. The van der Waals surface area contributed by atoms with Gasteiger partial charge in [0.1, 0.15) is 0 Å². The molecule has 1 N–H and O–H groups in total. The fourth-order valence-corrected chi connectivity index (χ4v) is 2.30. The zero-order valence-corrected chi connectivity index (χ0v) is 9.84. The Bertz CT molecular complexity index is 275. The van der Waals surface area contributed by atoms with Crippen LogP contribution in [0.1, 0.15) is 32.1 Å². The summed E-state index contributed by atoms with van der Waals surface area (Å²) in [5.74, 6) is 0. The van der Waals surface area contributed by atoms with Crippen LogP contribution in [0.25, 0.3) is 0 Å². The van der Waals surface area contributed by atoms with E-state index in [0.29, 0.717) is 6.04 Å². The van der Waals surface area contributed by atoms with E-state index >= 15 is 0 Å². The molecule has 0 fully saturated rings. The van der Waals surface area contributed by atoms with E-state index in [9.17, 15) is 0 Å². The molecule has 0 aliphatic carbocycles. The summed E-state index contributed by atoms with van der Waals surface area (Å²) in [6.07, 6.45) is 2.87. The average Bonchev–Trinajstić information content (AvgIpc) is 2.67. The lowest BCUT2D eigenvalue weighted by molar-refractivity contribution is 0.285. The Kier molecular flexibility index (Phi) is 4.35. The smallest absolute Gasteiger partial charge is 0.185 e. The standard InChI is InChI=1S/C10H18N2OS/c1-4-8(3)12(5-2)10-11-6-9(7-13)14-10/h6,8,13H,4-5,7H2,1-3H3. The van der Waals surface area contributed by atoms with Gasteiger partial charge in [-0.05, 0) is 20.3 Å².